The van der Waals surface area contributed by atoms with E-state index >= 15 is 0 Å². The van der Waals surface area contributed by atoms with E-state index < -0.39 is 0 Å². The minimum Gasteiger partial charge on any atom is -0.109 e. The van der Waals surface area contributed by atoms with Crippen molar-refractivity contribution in [2.75, 3.05) is 0 Å². The Morgan fingerprint density at radius 2 is 0.444 bits per heavy atom. The third-order valence-corrected chi connectivity index (χ3v) is 0. The summed E-state index contributed by atoms with van der Waals surface area (Å²) in [6.45, 7) is 0. The maximum Gasteiger partial charge on any atom is 0.229 e. The summed E-state index contributed by atoms with van der Waals surface area (Å²) in [5.41, 5.74) is 0. The van der Waals surface area contributed by atoms with E-state index in [1.165, 1.54) is 0 Å². The zero-order valence-electron chi connectivity index (χ0n) is 8.12. The summed E-state index contributed by atoms with van der Waals surface area (Å²) in [6.07, 6.45) is 0. The molecule has 0 unspecified atom stereocenters. The van der Waals surface area contributed by atoms with Gasteiger partial charge in [0.2, 0.25) is 45.7 Å². The Bertz CT molecular complexity index is 13.0. The highest BCUT2D eigenvalue weighted by molar-refractivity contribution is 6.31. The van der Waals surface area contributed by atoms with Gasteiger partial charge in [-0.2, -0.15) is 0 Å². The molecule has 0 nitrogen and oxygen atoms in total. The molecule has 0 amide bonds. The van der Waals surface area contributed by atoms with Crippen molar-refractivity contribution in [1.82, 2.24) is 0 Å². The molecular formula is C6H21Al3. The van der Waals surface area contributed by atoms with Crippen LogP contribution in [0.4, 0.5) is 0 Å². The van der Waals surface area contributed by atoms with Crippen molar-refractivity contribution in [3.63, 3.8) is 0 Å². The van der Waals surface area contributed by atoms with Gasteiger partial charge in [0.15, 0.2) is 0 Å². The lowest BCUT2D eigenvalue weighted by molar-refractivity contribution is 2.14. The highest BCUT2D eigenvalue weighted by Gasteiger charge is 1.49. The molecule has 0 saturated carbocycles. The van der Waals surface area contributed by atoms with Crippen LogP contribution in [0.1, 0.15) is 0 Å². The van der Waals surface area contributed by atoms with Gasteiger partial charge in [0, 0.05) is 0 Å². The molecule has 0 aromatic carbocycles. The lowest BCUT2D eigenvalue weighted by Crippen LogP contribution is -1.53. The first-order valence-corrected chi connectivity index (χ1v) is 12.7. The van der Waals surface area contributed by atoms with E-state index in [0.717, 1.165) is 0 Å². The van der Waals surface area contributed by atoms with Crippen molar-refractivity contribution in [2.24, 2.45) is 0 Å². The smallest absolute Gasteiger partial charge is 0.109 e. The summed E-state index contributed by atoms with van der Waals surface area (Å²) in [6, 6.07) is 0. The Hall–Kier alpha value is 1.60. The van der Waals surface area contributed by atoms with E-state index in [2.05, 4.69) is 34.7 Å². The minimum atomic E-state index is 0.417. The molecule has 0 rings (SSSR count). The maximum atomic E-state index is 2.26. The van der Waals surface area contributed by atoms with Crippen LogP contribution >= 0.6 is 0 Å². The maximum absolute atomic E-state index is 2.26. The second-order valence-corrected chi connectivity index (χ2v) is 6.36. The zero-order valence-corrected chi connectivity index (χ0v) is 12.4. The third-order valence-electron chi connectivity index (χ3n) is 0. The molecule has 0 fully saturated rings. The van der Waals surface area contributed by atoms with Crippen LogP contribution in [-0.2, 0) is 0 Å². The van der Waals surface area contributed by atoms with Gasteiger partial charge >= 0.3 is 0 Å². The van der Waals surface area contributed by atoms with Crippen molar-refractivity contribution in [1.29, 1.82) is 0 Å². The lowest BCUT2D eigenvalue weighted by atomic mass is 11.9. The summed E-state index contributed by atoms with van der Waals surface area (Å²) < 4.78 is 0. The molecule has 0 aliphatic heterocycles. The standard InChI is InChI=1S/6CH3.3Al.3H/h6*1H3;;;;;;. The summed E-state index contributed by atoms with van der Waals surface area (Å²) in [5.74, 6) is 13.6. The van der Waals surface area contributed by atoms with Gasteiger partial charge in [-0.3, -0.25) is 0 Å². The third kappa shape index (κ3) is 217. The molecule has 9 heavy (non-hydrogen) atoms. The summed E-state index contributed by atoms with van der Waals surface area (Å²) in [4.78, 5) is 0. The first-order chi connectivity index (χ1) is 4.24. The Labute approximate surface area is 79.9 Å². The van der Waals surface area contributed by atoms with Crippen LogP contribution in [0.2, 0.25) is 34.7 Å². The number of hydrogen-bond donors (Lipinski definition) is 0. The molecule has 3 heteroatoms. The first kappa shape index (κ1) is 16.9. The van der Waals surface area contributed by atoms with Crippen LogP contribution in [0.5, 0.6) is 0 Å². The second kappa shape index (κ2) is 33.6. The van der Waals surface area contributed by atoms with Gasteiger partial charge in [-0.05, 0) is 0 Å². The zero-order chi connectivity index (χ0) is 8.12. The molecule has 0 radical (unpaired) electrons. The fourth-order valence-corrected chi connectivity index (χ4v) is 0. The normalized spacial score (nSPS) is 4.67. The van der Waals surface area contributed by atoms with Crippen LogP contribution in [0.25, 0.3) is 0 Å². The molecule has 0 aromatic rings. The molecule has 0 bridgehead atoms. The van der Waals surface area contributed by atoms with Crippen LogP contribution < -0.4 is 0 Å². The number of rotatable bonds is 0. The predicted octanol–water partition coefficient (Wildman–Crippen LogP) is 1.56. The van der Waals surface area contributed by atoms with Crippen molar-refractivity contribution in [3.8, 4) is 0 Å². The van der Waals surface area contributed by atoms with Crippen LogP contribution in [0.15, 0.2) is 0 Å². The monoisotopic (exact) mass is 174 g/mol. The Kier molecular flexibility index (Phi) is 63.1. The van der Waals surface area contributed by atoms with E-state index in [0.29, 0.717) is 45.7 Å². The Morgan fingerprint density at radius 1 is 0.444 bits per heavy atom. The Balaban J connectivity index is -0.0000000600. The highest BCUT2D eigenvalue weighted by atomic mass is 27.1. The average Bonchev–Trinajstić information content (AvgIpc) is 1.70. The SMILES string of the molecule is [CH3][AlH][CH3].[CH3][AlH][CH3].[CH3][AlH][CH3]. The van der Waals surface area contributed by atoms with Crippen molar-refractivity contribution in [2.45, 2.75) is 34.7 Å². The van der Waals surface area contributed by atoms with E-state index in [4.69, 9.17) is 0 Å². The molecule has 0 aliphatic rings. The van der Waals surface area contributed by atoms with Gasteiger partial charge < -0.3 is 0 Å². The highest BCUT2D eigenvalue weighted by Crippen LogP contribution is 1.37. The fraction of sp³-hybridized carbons (Fsp3) is 1.00. The Morgan fingerprint density at radius 3 is 0.444 bits per heavy atom. The average molecular weight is 174 g/mol. The van der Waals surface area contributed by atoms with Crippen LogP contribution in [0, 0.1) is 0 Å². The van der Waals surface area contributed by atoms with Crippen molar-refractivity contribution >= 4 is 45.7 Å². The molecule has 0 aromatic heterocycles. The molecule has 54 valence electrons. The summed E-state index contributed by atoms with van der Waals surface area (Å²) in [5, 5.41) is 0. The van der Waals surface area contributed by atoms with Crippen LogP contribution in [0.3, 0.4) is 0 Å². The molecule has 0 spiro atoms. The van der Waals surface area contributed by atoms with Gasteiger partial charge in [-0.1, -0.05) is 0 Å². The van der Waals surface area contributed by atoms with Gasteiger partial charge in [0.25, 0.3) is 0 Å². The molecule has 0 saturated heterocycles. The topological polar surface area (TPSA) is 0 Å². The molecular weight excluding hydrogens is 153 g/mol. The van der Waals surface area contributed by atoms with E-state index in [1.54, 1.807) is 0 Å². The largest absolute Gasteiger partial charge is 0.229 e. The molecule has 0 aliphatic carbocycles. The predicted molar refractivity (Wildman–Crippen MR) is 56.6 cm³/mol. The van der Waals surface area contributed by atoms with Crippen molar-refractivity contribution in [3.05, 3.63) is 0 Å². The first-order valence-electron chi connectivity index (χ1n) is 4.24. The quantitative estimate of drug-likeness (QED) is 0.489. The second-order valence-electron chi connectivity index (χ2n) is 2.12. The molecule has 0 atom stereocenters. The molecule has 0 heterocycles. The van der Waals surface area contributed by atoms with Gasteiger partial charge in [0.1, 0.15) is 0 Å². The number of hydrogen-bond acceptors (Lipinski definition) is 0. The van der Waals surface area contributed by atoms with E-state index in [9.17, 15) is 0 Å². The van der Waals surface area contributed by atoms with E-state index in [-0.39, 0.29) is 0 Å². The van der Waals surface area contributed by atoms with Crippen molar-refractivity contribution < 1.29 is 0 Å². The fourth-order valence-electron chi connectivity index (χ4n) is 0. The van der Waals surface area contributed by atoms with Crippen LogP contribution in [-0.4, -0.2) is 45.7 Å². The summed E-state index contributed by atoms with van der Waals surface area (Å²) >= 11 is 1.25. The lowest BCUT2D eigenvalue weighted by Gasteiger charge is -1.36. The van der Waals surface area contributed by atoms with Gasteiger partial charge in [0.05, 0.1) is 0 Å². The minimum absolute atomic E-state index is 0.417. The van der Waals surface area contributed by atoms with Gasteiger partial charge in [-0.25, -0.2) is 0 Å². The van der Waals surface area contributed by atoms with Gasteiger partial charge in [-0.15, -0.1) is 34.7 Å². The van der Waals surface area contributed by atoms with E-state index in [1.807, 2.05) is 0 Å². The summed E-state index contributed by atoms with van der Waals surface area (Å²) in [7, 11) is 0. The molecule has 0 N–H and O–H groups in total.